The number of amides is 3. The van der Waals surface area contributed by atoms with Gasteiger partial charge in [-0.15, -0.1) is 11.3 Å². The molecular weight excluding hydrogens is 434 g/mol. The van der Waals surface area contributed by atoms with Gasteiger partial charge in [0.1, 0.15) is 18.9 Å². The molecule has 1 aliphatic rings. The monoisotopic (exact) mass is 471 g/mol. The van der Waals surface area contributed by atoms with E-state index in [0.29, 0.717) is 13.2 Å². The summed E-state index contributed by atoms with van der Waals surface area (Å²) in [5.41, 5.74) is 1.85. The molecule has 0 unspecified atom stereocenters. The maximum Gasteiger partial charge on any atom is 0.318 e. The largest absolute Gasteiger partial charge is 0.491 e. The molecule has 0 radical (unpaired) electrons. The summed E-state index contributed by atoms with van der Waals surface area (Å²) in [6, 6.07) is 9.61. The number of aryl methyl sites for hydroxylation is 1. The predicted octanol–water partition coefficient (Wildman–Crippen LogP) is 5.17. The molecule has 1 N–H and O–H groups in total. The fourth-order valence-corrected chi connectivity index (χ4v) is 4.97. The summed E-state index contributed by atoms with van der Waals surface area (Å²) in [6.07, 6.45) is 1.61. The molecular formula is C26H37N3O3S. The van der Waals surface area contributed by atoms with E-state index in [9.17, 15) is 9.59 Å². The first kappa shape index (κ1) is 25.1. The molecule has 33 heavy (non-hydrogen) atoms. The molecule has 1 aromatic heterocycles. The number of fused-ring (bicyclic) bond motifs is 1. The van der Waals surface area contributed by atoms with Crippen molar-refractivity contribution in [2.24, 2.45) is 0 Å². The van der Waals surface area contributed by atoms with E-state index in [0.717, 1.165) is 29.7 Å². The maximum atomic E-state index is 13.6. The van der Waals surface area contributed by atoms with Gasteiger partial charge in [0, 0.05) is 23.0 Å². The first-order valence-electron chi connectivity index (χ1n) is 11.7. The average Bonchev–Trinajstić information content (AvgIpc) is 3.24. The van der Waals surface area contributed by atoms with E-state index in [2.05, 4.69) is 16.8 Å². The van der Waals surface area contributed by atoms with Crippen LogP contribution < -0.4 is 10.1 Å². The van der Waals surface area contributed by atoms with Crippen molar-refractivity contribution in [1.29, 1.82) is 0 Å². The molecule has 1 aromatic carbocycles. The Morgan fingerprint density at radius 1 is 1.27 bits per heavy atom. The Morgan fingerprint density at radius 3 is 2.67 bits per heavy atom. The van der Waals surface area contributed by atoms with Crippen molar-refractivity contribution in [2.45, 2.75) is 72.0 Å². The van der Waals surface area contributed by atoms with Crippen LogP contribution in [0.1, 0.15) is 63.1 Å². The van der Waals surface area contributed by atoms with Crippen molar-refractivity contribution in [3.05, 3.63) is 51.7 Å². The minimum atomic E-state index is -0.369. The van der Waals surface area contributed by atoms with Crippen LogP contribution in [-0.4, -0.2) is 53.0 Å². The number of carbonyl (C=O) groups is 2. The maximum absolute atomic E-state index is 13.6. The molecule has 3 rings (SSSR count). The number of hydrogen-bond acceptors (Lipinski definition) is 4. The fourth-order valence-electron chi connectivity index (χ4n) is 4.04. The number of benzene rings is 1. The number of ether oxygens (including phenoxy) is 1. The van der Waals surface area contributed by atoms with Crippen molar-refractivity contribution >= 4 is 23.3 Å². The van der Waals surface area contributed by atoms with Gasteiger partial charge in [0.25, 0.3) is 0 Å². The molecule has 0 saturated heterocycles. The zero-order chi connectivity index (χ0) is 24.2. The van der Waals surface area contributed by atoms with Gasteiger partial charge in [-0.3, -0.25) is 4.79 Å². The van der Waals surface area contributed by atoms with E-state index >= 15 is 0 Å². The van der Waals surface area contributed by atoms with Gasteiger partial charge in [-0.2, -0.15) is 0 Å². The van der Waals surface area contributed by atoms with Gasteiger partial charge in [0.2, 0.25) is 5.91 Å². The summed E-state index contributed by atoms with van der Waals surface area (Å²) in [6.45, 7) is 13.0. The van der Waals surface area contributed by atoms with Gasteiger partial charge in [0.05, 0.1) is 6.04 Å². The molecule has 0 fully saturated rings. The van der Waals surface area contributed by atoms with Gasteiger partial charge in [-0.05, 0) is 76.1 Å². The molecule has 0 bridgehead atoms. The third-order valence-corrected chi connectivity index (χ3v) is 7.07. The summed E-state index contributed by atoms with van der Waals surface area (Å²) in [7, 11) is 0. The average molecular weight is 472 g/mol. The van der Waals surface area contributed by atoms with Crippen molar-refractivity contribution in [3.63, 3.8) is 0 Å². The molecule has 2 aromatic rings. The van der Waals surface area contributed by atoms with Gasteiger partial charge >= 0.3 is 6.03 Å². The minimum Gasteiger partial charge on any atom is -0.491 e. The smallest absolute Gasteiger partial charge is 0.318 e. The van der Waals surface area contributed by atoms with Crippen LogP contribution in [0.25, 0.3) is 0 Å². The minimum absolute atomic E-state index is 0.0422. The highest BCUT2D eigenvalue weighted by molar-refractivity contribution is 7.10. The number of thiophene rings is 1. The lowest BCUT2D eigenvalue weighted by atomic mass is 10.00. The quantitative estimate of drug-likeness (QED) is 0.606. The highest BCUT2D eigenvalue weighted by Gasteiger charge is 2.34. The predicted molar refractivity (Wildman–Crippen MR) is 134 cm³/mol. The van der Waals surface area contributed by atoms with Crippen molar-refractivity contribution in [2.75, 3.05) is 19.7 Å². The number of rotatable bonds is 7. The van der Waals surface area contributed by atoms with Crippen LogP contribution in [0.2, 0.25) is 0 Å². The van der Waals surface area contributed by atoms with Crippen LogP contribution >= 0.6 is 11.3 Å². The summed E-state index contributed by atoms with van der Waals surface area (Å²) in [4.78, 5) is 31.4. The van der Waals surface area contributed by atoms with E-state index in [4.69, 9.17) is 4.74 Å². The van der Waals surface area contributed by atoms with Crippen LogP contribution in [0.15, 0.2) is 35.7 Å². The molecule has 6 nitrogen and oxygen atoms in total. The second-order valence-corrected chi connectivity index (χ2v) is 10.8. The lowest BCUT2D eigenvalue weighted by molar-refractivity contribution is -0.136. The number of hydrogen-bond donors (Lipinski definition) is 1. The Bertz CT molecular complexity index is 966. The van der Waals surface area contributed by atoms with Crippen molar-refractivity contribution in [3.8, 4) is 5.75 Å². The van der Waals surface area contributed by atoms with Crippen molar-refractivity contribution < 1.29 is 14.3 Å². The number of para-hydroxylation sites is 1. The Kier molecular flexibility index (Phi) is 8.05. The zero-order valence-electron chi connectivity index (χ0n) is 20.7. The SMILES string of the molecule is CC[C@H](C)N(CC(=O)N1CCc2sccc2[C@@H]1COc1ccccc1C)C(=O)NC(C)(C)C. The zero-order valence-corrected chi connectivity index (χ0v) is 21.5. The number of carbonyl (C=O) groups excluding carboxylic acids is 2. The second kappa shape index (κ2) is 10.6. The Balaban J connectivity index is 1.80. The van der Waals surface area contributed by atoms with E-state index in [1.54, 1.807) is 16.2 Å². The highest BCUT2D eigenvalue weighted by atomic mass is 32.1. The lowest BCUT2D eigenvalue weighted by Crippen LogP contribution is -2.55. The molecule has 2 heterocycles. The molecule has 7 heteroatoms. The van der Waals surface area contributed by atoms with E-state index in [1.807, 2.05) is 70.7 Å². The third-order valence-electron chi connectivity index (χ3n) is 6.08. The van der Waals surface area contributed by atoms with E-state index in [-0.39, 0.29) is 36.1 Å². The molecule has 1 aliphatic heterocycles. The van der Waals surface area contributed by atoms with E-state index < -0.39 is 0 Å². The standard InChI is InChI=1S/C26H37N3O3S/c1-7-19(3)29(25(31)27-26(4,5)6)16-24(30)28-14-12-23-20(13-15-33-23)21(28)17-32-22-11-9-8-10-18(22)2/h8-11,13,15,19,21H,7,12,14,16-17H2,1-6H3,(H,27,31)/t19-,21-/m0/s1. The first-order valence-corrected chi connectivity index (χ1v) is 12.6. The number of urea groups is 1. The molecule has 0 saturated carbocycles. The second-order valence-electron chi connectivity index (χ2n) is 9.79. The van der Waals surface area contributed by atoms with Crippen molar-refractivity contribution in [1.82, 2.24) is 15.1 Å². The normalized spacial score (nSPS) is 16.7. The highest BCUT2D eigenvalue weighted by Crippen LogP contribution is 2.34. The van der Waals surface area contributed by atoms with E-state index in [1.165, 1.54) is 4.88 Å². The molecule has 0 spiro atoms. The van der Waals surface area contributed by atoms with Gasteiger partial charge in [-0.25, -0.2) is 4.79 Å². The van der Waals surface area contributed by atoms with Crippen LogP contribution in [0.3, 0.4) is 0 Å². The molecule has 180 valence electrons. The molecule has 3 amide bonds. The fraction of sp³-hybridized carbons (Fsp3) is 0.538. The number of nitrogens with zero attached hydrogens (tertiary/aromatic N) is 2. The first-order chi connectivity index (χ1) is 15.6. The molecule has 0 aliphatic carbocycles. The van der Waals surface area contributed by atoms with Gasteiger partial charge in [-0.1, -0.05) is 25.1 Å². The third kappa shape index (κ3) is 6.28. The van der Waals surface area contributed by atoms with Crippen LogP contribution in [0.4, 0.5) is 4.79 Å². The lowest BCUT2D eigenvalue weighted by Gasteiger charge is -2.38. The van der Waals surface area contributed by atoms with Gasteiger partial charge < -0.3 is 19.9 Å². The Labute approximate surface area is 201 Å². The Hall–Kier alpha value is -2.54. The molecule has 2 atom stereocenters. The summed E-state index contributed by atoms with van der Waals surface area (Å²) in [5, 5.41) is 5.10. The Morgan fingerprint density at radius 2 is 2.00 bits per heavy atom. The van der Waals surface area contributed by atoms with Gasteiger partial charge in [0.15, 0.2) is 0 Å². The summed E-state index contributed by atoms with van der Waals surface area (Å²) >= 11 is 1.73. The topological polar surface area (TPSA) is 61.9 Å². The van der Waals surface area contributed by atoms with Crippen LogP contribution in [-0.2, 0) is 11.2 Å². The number of nitrogens with one attached hydrogen (secondary N) is 1. The summed E-state index contributed by atoms with van der Waals surface area (Å²) in [5.74, 6) is 0.785. The van der Waals surface area contributed by atoms with Crippen LogP contribution in [0.5, 0.6) is 5.75 Å². The van der Waals surface area contributed by atoms with Crippen LogP contribution in [0, 0.1) is 6.92 Å². The summed E-state index contributed by atoms with van der Waals surface area (Å²) < 4.78 is 6.19.